The molecule has 0 fully saturated rings. The van der Waals surface area contributed by atoms with E-state index in [1.165, 1.54) is 5.56 Å². The van der Waals surface area contributed by atoms with Crippen molar-refractivity contribution in [3.05, 3.63) is 22.4 Å². The first-order valence-electron chi connectivity index (χ1n) is 6.31. The van der Waals surface area contributed by atoms with Gasteiger partial charge in [0, 0.05) is 26.2 Å². The summed E-state index contributed by atoms with van der Waals surface area (Å²) in [5.41, 5.74) is 1.44. The van der Waals surface area contributed by atoms with Gasteiger partial charge in [-0.25, -0.2) is 0 Å². The summed E-state index contributed by atoms with van der Waals surface area (Å²) in [4.78, 5) is 2.30. The van der Waals surface area contributed by atoms with Gasteiger partial charge in [0.2, 0.25) is 0 Å². The Morgan fingerprint density at radius 3 is 2.94 bits per heavy atom. The maximum absolute atomic E-state index is 5.32. The quantitative estimate of drug-likeness (QED) is 0.647. The predicted octanol–water partition coefficient (Wildman–Crippen LogP) is 1.85. The number of likely N-dealkylation sites (N-methyl/N-ethyl adjacent to an activating group) is 1. The van der Waals surface area contributed by atoms with E-state index in [2.05, 4.69) is 34.1 Å². The summed E-state index contributed by atoms with van der Waals surface area (Å²) in [6.07, 6.45) is 1.13. The van der Waals surface area contributed by atoms with E-state index in [-0.39, 0.29) is 0 Å². The zero-order chi connectivity index (χ0) is 12.3. The number of ether oxygens (including phenoxy) is 1. The molecule has 0 aliphatic carbocycles. The fourth-order valence-corrected chi connectivity index (χ4v) is 2.24. The molecular formula is C13H24N2OS. The van der Waals surface area contributed by atoms with Crippen molar-refractivity contribution < 1.29 is 4.74 Å². The molecule has 1 aromatic heterocycles. The topological polar surface area (TPSA) is 24.5 Å². The molecule has 1 heterocycles. The number of nitrogens with one attached hydrogen (secondary N) is 1. The van der Waals surface area contributed by atoms with Crippen LogP contribution in [0, 0.1) is 0 Å². The molecule has 0 amide bonds. The van der Waals surface area contributed by atoms with Crippen LogP contribution in [0.25, 0.3) is 0 Å². The van der Waals surface area contributed by atoms with Crippen LogP contribution in [-0.4, -0.2) is 51.3 Å². The standard InChI is InChI=1S/C13H24N2OS/c1-3-16-10-9-15(2)8-7-14-6-4-13-5-11-17-12-13/h5,11-12,14H,3-4,6-10H2,1-2H3. The lowest BCUT2D eigenvalue weighted by Gasteiger charge is -2.16. The van der Waals surface area contributed by atoms with Crippen LogP contribution < -0.4 is 5.32 Å². The third-order valence-corrected chi connectivity index (χ3v) is 3.39. The Labute approximate surface area is 109 Å². The molecule has 0 aromatic carbocycles. The first kappa shape index (κ1) is 14.6. The third-order valence-electron chi connectivity index (χ3n) is 2.66. The van der Waals surface area contributed by atoms with Gasteiger partial charge in [-0.1, -0.05) is 0 Å². The van der Waals surface area contributed by atoms with Gasteiger partial charge in [0.05, 0.1) is 6.61 Å². The van der Waals surface area contributed by atoms with Gasteiger partial charge in [-0.3, -0.25) is 0 Å². The molecule has 0 aliphatic rings. The van der Waals surface area contributed by atoms with Crippen LogP contribution in [0.3, 0.4) is 0 Å². The summed E-state index contributed by atoms with van der Waals surface area (Å²) in [6, 6.07) is 2.19. The van der Waals surface area contributed by atoms with Crippen molar-refractivity contribution in [1.29, 1.82) is 0 Å². The second-order valence-corrected chi connectivity index (χ2v) is 4.91. The molecule has 0 aliphatic heterocycles. The monoisotopic (exact) mass is 256 g/mol. The van der Waals surface area contributed by atoms with E-state index >= 15 is 0 Å². The number of thiophene rings is 1. The van der Waals surface area contributed by atoms with Gasteiger partial charge in [0.1, 0.15) is 0 Å². The van der Waals surface area contributed by atoms with Gasteiger partial charge >= 0.3 is 0 Å². The van der Waals surface area contributed by atoms with Crippen LogP contribution in [0.15, 0.2) is 16.8 Å². The SMILES string of the molecule is CCOCCN(C)CCNCCc1ccsc1. The van der Waals surface area contributed by atoms with Gasteiger partial charge in [-0.15, -0.1) is 0 Å². The molecule has 0 spiro atoms. The Kier molecular flexibility index (Phi) is 8.26. The van der Waals surface area contributed by atoms with E-state index in [0.717, 1.165) is 45.8 Å². The normalized spacial score (nSPS) is 11.2. The molecule has 0 bridgehead atoms. The van der Waals surface area contributed by atoms with Crippen LogP contribution in [0.5, 0.6) is 0 Å². The Morgan fingerprint density at radius 1 is 1.35 bits per heavy atom. The number of rotatable bonds is 10. The Hall–Kier alpha value is -0.420. The van der Waals surface area contributed by atoms with Crippen LogP contribution in [0.2, 0.25) is 0 Å². The van der Waals surface area contributed by atoms with Gasteiger partial charge in [0.25, 0.3) is 0 Å². The first-order chi connectivity index (χ1) is 8.33. The van der Waals surface area contributed by atoms with Crippen molar-refractivity contribution in [2.24, 2.45) is 0 Å². The highest BCUT2D eigenvalue weighted by atomic mass is 32.1. The molecule has 0 atom stereocenters. The minimum atomic E-state index is 0.812. The molecular weight excluding hydrogens is 232 g/mol. The Morgan fingerprint density at radius 2 is 2.24 bits per heavy atom. The summed E-state index contributed by atoms with van der Waals surface area (Å²) in [5.74, 6) is 0. The number of nitrogens with zero attached hydrogens (tertiary/aromatic N) is 1. The Bertz CT molecular complexity index is 264. The van der Waals surface area contributed by atoms with Crippen LogP contribution in [0.4, 0.5) is 0 Å². The van der Waals surface area contributed by atoms with E-state index in [4.69, 9.17) is 4.74 Å². The lowest BCUT2D eigenvalue weighted by molar-refractivity contribution is 0.122. The summed E-state index contributed by atoms with van der Waals surface area (Å²) < 4.78 is 5.32. The fraction of sp³-hybridized carbons (Fsp3) is 0.692. The molecule has 1 aromatic rings. The van der Waals surface area contributed by atoms with Crippen molar-refractivity contribution in [3.8, 4) is 0 Å². The van der Waals surface area contributed by atoms with Crippen molar-refractivity contribution >= 4 is 11.3 Å². The lowest BCUT2D eigenvalue weighted by Crippen LogP contribution is -2.32. The molecule has 0 unspecified atom stereocenters. The minimum absolute atomic E-state index is 0.812. The van der Waals surface area contributed by atoms with E-state index in [1.807, 2.05) is 6.92 Å². The third kappa shape index (κ3) is 7.49. The van der Waals surface area contributed by atoms with E-state index in [9.17, 15) is 0 Å². The largest absolute Gasteiger partial charge is 0.380 e. The van der Waals surface area contributed by atoms with E-state index in [0.29, 0.717) is 0 Å². The summed E-state index contributed by atoms with van der Waals surface area (Å²) in [7, 11) is 2.14. The smallest absolute Gasteiger partial charge is 0.0593 e. The highest BCUT2D eigenvalue weighted by Crippen LogP contribution is 2.05. The van der Waals surface area contributed by atoms with E-state index < -0.39 is 0 Å². The molecule has 0 saturated carbocycles. The van der Waals surface area contributed by atoms with Crippen LogP contribution in [-0.2, 0) is 11.2 Å². The number of hydrogen-bond donors (Lipinski definition) is 1. The van der Waals surface area contributed by atoms with Gasteiger partial charge in [-0.2, -0.15) is 11.3 Å². The molecule has 3 nitrogen and oxygen atoms in total. The van der Waals surface area contributed by atoms with Gasteiger partial charge in [0.15, 0.2) is 0 Å². The van der Waals surface area contributed by atoms with Crippen LogP contribution >= 0.6 is 11.3 Å². The molecule has 4 heteroatoms. The average molecular weight is 256 g/mol. The lowest BCUT2D eigenvalue weighted by atomic mass is 10.2. The molecule has 1 rings (SSSR count). The number of hydrogen-bond acceptors (Lipinski definition) is 4. The highest BCUT2D eigenvalue weighted by Gasteiger charge is 1.97. The summed E-state index contributed by atoms with van der Waals surface area (Å²) in [5, 5.41) is 7.82. The molecule has 1 N–H and O–H groups in total. The van der Waals surface area contributed by atoms with Crippen molar-refractivity contribution in [2.45, 2.75) is 13.3 Å². The van der Waals surface area contributed by atoms with Crippen molar-refractivity contribution in [2.75, 3.05) is 46.4 Å². The van der Waals surface area contributed by atoms with Crippen molar-refractivity contribution in [1.82, 2.24) is 10.2 Å². The fourth-order valence-electron chi connectivity index (χ4n) is 1.54. The molecule has 0 saturated heterocycles. The van der Waals surface area contributed by atoms with E-state index in [1.54, 1.807) is 11.3 Å². The predicted molar refractivity (Wildman–Crippen MR) is 74.9 cm³/mol. The summed E-state index contributed by atoms with van der Waals surface area (Å²) >= 11 is 1.77. The minimum Gasteiger partial charge on any atom is -0.380 e. The second kappa shape index (κ2) is 9.59. The average Bonchev–Trinajstić information content (AvgIpc) is 2.82. The molecule has 98 valence electrons. The van der Waals surface area contributed by atoms with Gasteiger partial charge < -0.3 is 15.0 Å². The zero-order valence-electron chi connectivity index (χ0n) is 10.9. The van der Waals surface area contributed by atoms with Gasteiger partial charge in [-0.05, 0) is 49.3 Å². The Balaban J connectivity index is 1.89. The van der Waals surface area contributed by atoms with Crippen molar-refractivity contribution in [3.63, 3.8) is 0 Å². The van der Waals surface area contributed by atoms with Crippen LogP contribution in [0.1, 0.15) is 12.5 Å². The molecule has 0 radical (unpaired) electrons. The molecule has 17 heavy (non-hydrogen) atoms. The maximum Gasteiger partial charge on any atom is 0.0593 e. The second-order valence-electron chi connectivity index (χ2n) is 4.13. The highest BCUT2D eigenvalue weighted by molar-refractivity contribution is 7.07. The zero-order valence-corrected chi connectivity index (χ0v) is 11.8. The maximum atomic E-state index is 5.32. The summed E-state index contributed by atoms with van der Waals surface area (Å²) in [6.45, 7) is 7.89. The first-order valence-corrected chi connectivity index (χ1v) is 7.25.